The zero-order chi connectivity index (χ0) is 25.5. The number of carbonyl (C=O) groups excluding carboxylic acids is 3. The highest BCUT2D eigenvalue weighted by Gasteiger charge is 2.71. The van der Waals surface area contributed by atoms with E-state index in [1.165, 1.54) is 18.7 Å². The number of anilines is 1. The van der Waals surface area contributed by atoms with Crippen LogP contribution in [0, 0.1) is 10.1 Å². The summed E-state index contributed by atoms with van der Waals surface area (Å²) in [5, 5.41) is 13.6. The van der Waals surface area contributed by atoms with Gasteiger partial charge < -0.3 is 9.47 Å². The van der Waals surface area contributed by atoms with E-state index >= 15 is 0 Å². The minimum Gasteiger partial charge on any atom is -0.462 e. The quantitative estimate of drug-likeness (QED) is 0.346. The van der Waals surface area contributed by atoms with Gasteiger partial charge in [-0.25, -0.2) is 4.79 Å². The molecule has 9 nitrogen and oxygen atoms in total. The molecule has 1 amide bonds. The SMILES string of the molecule is CCOC(=O)C1=C(OC(C)=O)C[C@@H](c2ccc(Cl)cc2)[C@]2([N+](=O)[O-])c3ccccc3N(C(C)=O)[C@H]12. The molecule has 0 bridgehead atoms. The van der Waals surface area contributed by atoms with Gasteiger partial charge in [0.2, 0.25) is 5.91 Å². The molecule has 3 atom stereocenters. The number of carbonyl (C=O) groups is 3. The number of nitro groups is 1. The molecule has 2 aromatic rings. The highest BCUT2D eigenvalue weighted by molar-refractivity contribution is 6.30. The molecule has 0 saturated carbocycles. The molecule has 182 valence electrons. The van der Waals surface area contributed by atoms with Gasteiger partial charge in [0.25, 0.3) is 5.54 Å². The van der Waals surface area contributed by atoms with Gasteiger partial charge in [-0.15, -0.1) is 0 Å². The summed E-state index contributed by atoms with van der Waals surface area (Å²) in [5.41, 5.74) is -1.03. The van der Waals surface area contributed by atoms with E-state index in [2.05, 4.69) is 0 Å². The van der Waals surface area contributed by atoms with Gasteiger partial charge in [-0.1, -0.05) is 35.9 Å². The predicted octanol–water partition coefficient (Wildman–Crippen LogP) is 4.11. The summed E-state index contributed by atoms with van der Waals surface area (Å²) in [6.45, 7) is 4.03. The van der Waals surface area contributed by atoms with Gasteiger partial charge in [0.05, 0.1) is 23.8 Å². The monoisotopic (exact) mass is 498 g/mol. The molecule has 0 N–H and O–H groups in total. The second-order valence-electron chi connectivity index (χ2n) is 8.35. The predicted molar refractivity (Wildman–Crippen MR) is 126 cm³/mol. The Morgan fingerprint density at radius 3 is 2.37 bits per heavy atom. The summed E-state index contributed by atoms with van der Waals surface area (Å²) in [4.78, 5) is 52.2. The van der Waals surface area contributed by atoms with Crippen molar-refractivity contribution in [2.24, 2.45) is 0 Å². The number of para-hydroxylation sites is 1. The fourth-order valence-electron chi connectivity index (χ4n) is 5.28. The minimum atomic E-state index is -1.96. The van der Waals surface area contributed by atoms with E-state index in [4.69, 9.17) is 21.1 Å². The number of hydrogen-bond donors (Lipinski definition) is 0. The van der Waals surface area contributed by atoms with Crippen LogP contribution in [0.1, 0.15) is 44.2 Å². The smallest absolute Gasteiger partial charge is 0.339 e. The van der Waals surface area contributed by atoms with E-state index < -0.39 is 40.3 Å². The average Bonchev–Trinajstić information content (AvgIpc) is 3.11. The Kier molecular flexibility index (Phi) is 6.38. The lowest BCUT2D eigenvalue weighted by molar-refractivity contribution is -0.586. The summed E-state index contributed by atoms with van der Waals surface area (Å²) in [7, 11) is 0. The number of nitrogens with zero attached hydrogens (tertiary/aromatic N) is 2. The third kappa shape index (κ3) is 3.76. The number of hydrogen-bond acceptors (Lipinski definition) is 7. The topological polar surface area (TPSA) is 116 Å². The number of esters is 2. The van der Waals surface area contributed by atoms with Crippen molar-refractivity contribution in [1.29, 1.82) is 0 Å². The van der Waals surface area contributed by atoms with Crippen LogP contribution in [0.2, 0.25) is 5.02 Å². The molecule has 1 aliphatic carbocycles. The van der Waals surface area contributed by atoms with Gasteiger partial charge in [-0.2, -0.15) is 0 Å². The van der Waals surface area contributed by atoms with Crippen molar-refractivity contribution in [2.75, 3.05) is 11.5 Å². The van der Waals surface area contributed by atoms with Gasteiger partial charge >= 0.3 is 11.9 Å². The Bertz CT molecular complexity index is 1260. The average molecular weight is 499 g/mol. The minimum absolute atomic E-state index is 0.0124. The van der Waals surface area contributed by atoms with E-state index in [0.717, 1.165) is 0 Å². The molecular formula is C25H23ClN2O7. The molecule has 2 aromatic carbocycles. The molecule has 0 fully saturated rings. The molecule has 1 heterocycles. The van der Waals surface area contributed by atoms with Gasteiger partial charge in [0.15, 0.2) is 0 Å². The molecule has 0 radical (unpaired) electrons. The van der Waals surface area contributed by atoms with E-state index in [0.29, 0.717) is 16.3 Å². The number of amides is 1. The molecule has 0 aromatic heterocycles. The first-order valence-electron chi connectivity index (χ1n) is 11.0. The standard InChI is InChI=1S/C25H23ClN2O7/c1-4-34-24(31)22-21(35-15(3)30)13-19(16-9-11-17(26)12-10-16)25(28(32)33)18-7-5-6-8-20(18)27(14(2)29)23(22)25/h5-12,19,23H,4,13H2,1-3H3/t19-,23+,25+/m0/s1. The Labute approximate surface area is 206 Å². The van der Waals surface area contributed by atoms with E-state index in [1.807, 2.05) is 0 Å². The van der Waals surface area contributed by atoms with Gasteiger partial charge in [0.1, 0.15) is 17.4 Å². The highest BCUT2D eigenvalue weighted by Crippen LogP contribution is 2.60. The van der Waals surface area contributed by atoms with E-state index in [1.54, 1.807) is 55.5 Å². The summed E-state index contributed by atoms with van der Waals surface area (Å²) in [6, 6.07) is 11.7. The molecule has 0 spiro atoms. The molecule has 4 rings (SSSR count). The van der Waals surface area contributed by atoms with Crippen LogP contribution in [-0.4, -0.2) is 35.4 Å². The third-order valence-corrected chi connectivity index (χ3v) is 6.69. The van der Waals surface area contributed by atoms with Crippen LogP contribution in [0.25, 0.3) is 0 Å². The maximum absolute atomic E-state index is 13.3. The van der Waals surface area contributed by atoms with Crippen LogP contribution in [0.4, 0.5) is 5.69 Å². The molecule has 10 heteroatoms. The van der Waals surface area contributed by atoms with Crippen LogP contribution in [0.3, 0.4) is 0 Å². The Morgan fingerprint density at radius 1 is 1.14 bits per heavy atom. The normalized spacial score (nSPS) is 22.8. The maximum Gasteiger partial charge on any atom is 0.339 e. The van der Waals surface area contributed by atoms with Crippen molar-refractivity contribution >= 4 is 35.1 Å². The lowest BCUT2D eigenvalue weighted by atomic mass is 9.64. The largest absolute Gasteiger partial charge is 0.462 e. The molecule has 1 aliphatic heterocycles. The number of fused-ring (bicyclic) bond motifs is 3. The van der Waals surface area contributed by atoms with Crippen molar-refractivity contribution in [1.82, 2.24) is 0 Å². The second kappa shape index (κ2) is 9.14. The third-order valence-electron chi connectivity index (χ3n) is 6.44. The van der Waals surface area contributed by atoms with Crippen LogP contribution >= 0.6 is 11.6 Å². The summed E-state index contributed by atoms with van der Waals surface area (Å²) in [6.07, 6.45) is -0.146. The first kappa shape index (κ1) is 24.4. The Morgan fingerprint density at radius 2 is 1.80 bits per heavy atom. The first-order valence-corrected chi connectivity index (χ1v) is 11.4. The lowest BCUT2D eigenvalue weighted by Crippen LogP contribution is -2.59. The molecule has 0 saturated heterocycles. The number of allylic oxidation sites excluding steroid dienone is 1. The fraction of sp³-hybridized carbons (Fsp3) is 0.320. The van der Waals surface area contributed by atoms with E-state index in [-0.39, 0.29) is 29.9 Å². The number of benzene rings is 2. The molecular weight excluding hydrogens is 476 g/mol. The zero-order valence-corrected chi connectivity index (χ0v) is 20.1. The summed E-state index contributed by atoms with van der Waals surface area (Å²) >= 11 is 6.08. The van der Waals surface area contributed by atoms with Crippen LogP contribution < -0.4 is 4.90 Å². The van der Waals surface area contributed by atoms with Crippen LogP contribution in [0.15, 0.2) is 59.9 Å². The van der Waals surface area contributed by atoms with Gasteiger partial charge in [0, 0.05) is 30.2 Å². The zero-order valence-electron chi connectivity index (χ0n) is 19.3. The van der Waals surface area contributed by atoms with E-state index in [9.17, 15) is 24.5 Å². The molecule has 2 aliphatic rings. The van der Waals surface area contributed by atoms with Crippen molar-refractivity contribution in [3.63, 3.8) is 0 Å². The van der Waals surface area contributed by atoms with Crippen LogP contribution in [0.5, 0.6) is 0 Å². The van der Waals surface area contributed by atoms with Crippen molar-refractivity contribution in [3.8, 4) is 0 Å². The van der Waals surface area contributed by atoms with Crippen molar-refractivity contribution in [3.05, 3.63) is 86.1 Å². The fourth-order valence-corrected chi connectivity index (χ4v) is 5.41. The number of rotatable bonds is 5. The Hall–Kier alpha value is -3.72. The second-order valence-corrected chi connectivity index (χ2v) is 8.79. The summed E-state index contributed by atoms with van der Waals surface area (Å²) in [5.74, 6) is -3.05. The van der Waals surface area contributed by atoms with Crippen molar-refractivity contribution < 1.29 is 28.8 Å². The molecule has 0 unspecified atom stereocenters. The number of halogens is 1. The Balaban J connectivity index is 2.13. The number of ether oxygens (including phenoxy) is 2. The summed E-state index contributed by atoms with van der Waals surface area (Å²) < 4.78 is 10.7. The first-order chi connectivity index (χ1) is 16.6. The maximum atomic E-state index is 13.3. The molecule has 35 heavy (non-hydrogen) atoms. The lowest BCUT2D eigenvalue weighted by Gasteiger charge is -2.41. The van der Waals surface area contributed by atoms with Crippen molar-refractivity contribution in [2.45, 2.75) is 44.7 Å². The highest BCUT2D eigenvalue weighted by atomic mass is 35.5. The van der Waals surface area contributed by atoms with Gasteiger partial charge in [-0.3, -0.25) is 24.6 Å². The van der Waals surface area contributed by atoms with Crippen LogP contribution in [-0.2, 0) is 29.4 Å². The van der Waals surface area contributed by atoms with Gasteiger partial charge in [-0.05, 0) is 36.8 Å².